The van der Waals surface area contributed by atoms with Crippen LogP contribution in [0, 0.1) is 6.92 Å². The molecule has 3 N–H and O–H groups in total. The monoisotopic (exact) mass is 408 g/mol. The Morgan fingerprint density at radius 1 is 1.22 bits per heavy atom. The van der Waals surface area contributed by atoms with E-state index in [9.17, 15) is 14.4 Å². The summed E-state index contributed by atoms with van der Waals surface area (Å²) in [5.74, 6) is -1.48. The van der Waals surface area contributed by atoms with Crippen LogP contribution >= 0.6 is 22.9 Å². The molecule has 1 aromatic carbocycles. The highest BCUT2D eigenvalue weighted by atomic mass is 35.5. The lowest BCUT2D eigenvalue weighted by molar-refractivity contribution is -0.116. The number of amides is 2. The first-order chi connectivity index (χ1) is 12.8. The minimum Gasteiger partial charge on any atom is -0.462 e. The van der Waals surface area contributed by atoms with Crippen molar-refractivity contribution in [2.24, 2.45) is 5.73 Å². The van der Waals surface area contributed by atoms with Gasteiger partial charge in [0.15, 0.2) is 0 Å². The predicted molar refractivity (Wildman–Crippen MR) is 107 cm³/mol. The molecule has 0 unspecified atom stereocenters. The normalized spacial score (nSPS) is 10.5. The molecule has 0 saturated heterocycles. The third-order valence-corrected chi connectivity index (χ3v) is 5.36. The van der Waals surface area contributed by atoms with Crippen LogP contribution < -0.4 is 11.1 Å². The summed E-state index contributed by atoms with van der Waals surface area (Å²) in [4.78, 5) is 36.3. The van der Waals surface area contributed by atoms with Crippen LogP contribution in [0.5, 0.6) is 0 Å². The zero-order chi connectivity index (χ0) is 20.0. The number of esters is 1. The number of halogens is 1. The Labute approximate surface area is 166 Å². The first kappa shape index (κ1) is 20.9. The van der Waals surface area contributed by atoms with Crippen molar-refractivity contribution >= 4 is 45.7 Å². The molecule has 0 radical (unpaired) electrons. The fraction of sp³-hybridized carbons (Fsp3) is 0.316. The maximum absolute atomic E-state index is 12.3. The smallest absolute Gasteiger partial charge is 0.341 e. The zero-order valence-electron chi connectivity index (χ0n) is 15.1. The van der Waals surface area contributed by atoms with E-state index in [1.165, 1.54) is 0 Å². The zero-order valence-corrected chi connectivity index (χ0v) is 16.7. The predicted octanol–water partition coefficient (Wildman–Crippen LogP) is 3.95. The lowest BCUT2D eigenvalue weighted by atomic mass is 10.1. The van der Waals surface area contributed by atoms with Gasteiger partial charge in [-0.1, -0.05) is 23.7 Å². The van der Waals surface area contributed by atoms with Gasteiger partial charge in [0.05, 0.1) is 17.0 Å². The van der Waals surface area contributed by atoms with Crippen LogP contribution in [0.2, 0.25) is 5.02 Å². The first-order valence-corrected chi connectivity index (χ1v) is 9.67. The average molecular weight is 409 g/mol. The van der Waals surface area contributed by atoms with Crippen LogP contribution in [-0.2, 0) is 16.0 Å². The molecule has 2 rings (SSSR count). The highest BCUT2D eigenvalue weighted by Gasteiger charge is 2.25. The van der Waals surface area contributed by atoms with Crippen molar-refractivity contribution in [1.82, 2.24) is 0 Å². The molecular weight excluding hydrogens is 388 g/mol. The Morgan fingerprint density at radius 3 is 2.48 bits per heavy atom. The number of ether oxygens (including phenoxy) is 1. The van der Waals surface area contributed by atoms with Crippen molar-refractivity contribution in [3.8, 4) is 0 Å². The minimum absolute atomic E-state index is 0.182. The second kappa shape index (κ2) is 9.53. The summed E-state index contributed by atoms with van der Waals surface area (Å²) in [6, 6.07) is 7.45. The molecule has 2 amide bonds. The molecule has 0 atom stereocenters. The molecule has 1 heterocycles. The first-order valence-electron chi connectivity index (χ1n) is 8.48. The van der Waals surface area contributed by atoms with Crippen LogP contribution in [-0.4, -0.2) is 24.4 Å². The quantitative estimate of drug-likeness (QED) is 0.646. The van der Waals surface area contributed by atoms with Crippen LogP contribution in [0.3, 0.4) is 0 Å². The molecule has 2 aromatic rings. The Balaban J connectivity index is 2.05. The van der Waals surface area contributed by atoms with Gasteiger partial charge in [0.25, 0.3) is 5.91 Å². The molecule has 0 bridgehead atoms. The number of hydrogen-bond donors (Lipinski definition) is 2. The summed E-state index contributed by atoms with van der Waals surface area (Å²) in [5.41, 5.74) is 7.04. The average Bonchev–Trinajstić information content (AvgIpc) is 2.93. The fourth-order valence-corrected chi connectivity index (χ4v) is 3.77. The Morgan fingerprint density at radius 2 is 1.89 bits per heavy atom. The largest absolute Gasteiger partial charge is 0.462 e. The fourth-order valence-electron chi connectivity index (χ4n) is 2.58. The van der Waals surface area contributed by atoms with Gasteiger partial charge in [0.1, 0.15) is 5.00 Å². The van der Waals surface area contributed by atoms with Crippen LogP contribution in [0.25, 0.3) is 0 Å². The number of thiophene rings is 1. The van der Waals surface area contributed by atoms with Crippen molar-refractivity contribution < 1.29 is 19.1 Å². The van der Waals surface area contributed by atoms with Gasteiger partial charge in [-0.15, -0.1) is 11.3 Å². The Kier molecular flexibility index (Phi) is 7.38. The maximum atomic E-state index is 12.3. The molecule has 144 valence electrons. The van der Waals surface area contributed by atoms with Gasteiger partial charge in [0, 0.05) is 11.4 Å². The Bertz CT molecular complexity index is 846. The van der Waals surface area contributed by atoms with Gasteiger partial charge in [-0.2, -0.15) is 0 Å². The van der Waals surface area contributed by atoms with Gasteiger partial charge in [-0.3, -0.25) is 9.59 Å². The van der Waals surface area contributed by atoms with E-state index in [-0.39, 0.29) is 34.4 Å². The number of carbonyl (C=O) groups excluding carboxylic acids is 3. The number of hydrogen-bond acceptors (Lipinski definition) is 5. The van der Waals surface area contributed by atoms with Crippen LogP contribution in [0.1, 0.15) is 50.9 Å². The second-order valence-electron chi connectivity index (χ2n) is 5.87. The van der Waals surface area contributed by atoms with E-state index in [2.05, 4.69) is 5.32 Å². The summed E-state index contributed by atoms with van der Waals surface area (Å²) >= 11 is 6.84. The summed E-state index contributed by atoms with van der Waals surface area (Å²) < 4.78 is 5.03. The van der Waals surface area contributed by atoms with E-state index in [4.69, 9.17) is 22.1 Å². The van der Waals surface area contributed by atoms with Crippen LogP contribution in [0.15, 0.2) is 24.3 Å². The molecule has 27 heavy (non-hydrogen) atoms. The third kappa shape index (κ3) is 5.55. The molecule has 0 aliphatic rings. The molecule has 0 spiro atoms. The van der Waals surface area contributed by atoms with Crippen molar-refractivity contribution in [2.45, 2.75) is 33.1 Å². The molecule has 0 aliphatic carbocycles. The van der Waals surface area contributed by atoms with E-state index >= 15 is 0 Å². The van der Waals surface area contributed by atoms with E-state index in [1.54, 1.807) is 13.8 Å². The molecule has 6 nitrogen and oxygen atoms in total. The molecule has 0 aliphatic heterocycles. The number of primary amides is 1. The number of carbonyl (C=O) groups is 3. The second-order valence-corrected chi connectivity index (χ2v) is 7.33. The van der Waals surface area contributed by atoms with E-state index in [1.807, 2.05) is 24.3 Å². The van der Waals surface area contributed by atoms with E-state index in [0.29, 0.717) is 17.0 Å². The maximum Gasteiger partial charge on any atom is 0.341 e. The van der Waals surface area contributed by atoms with E-state index in [0.717, 1.165) is 23.3 Å². The van der Waals surface area contributed by atoms with E-state index < -0.39 is 11.9 Å². The number of benzene rings is 1. The van der Waals surface area contributed by atoms with Gasteiger partial charge in [0.2, 0.25) is 5.91 Å². The van der Waals surface area contributed by atoms with Gasteiger partial charge < -0.3 is 15.8 Å². The molecule has 8 heteroatoms. The van der Waals surface area contributed by atoms with Gasteiger partial charge >= 0.3 is 5.97 Å². The molecule has 0 fully saturated rings. The SMILES string of the molecule is CCOC(=O)c1c(NC(=O)CCCc2ccc(Cl)cc2)sc(C(N)=O)c1C. The summed E-state index contributed by atoms with van der Waals surface area (Å²) in [6.07, 6.45) is 1.63. The number of aryl methyl sites for hydroxylation is 1. The van der Waals surface area contributed by atoms with Crippen molar-refractivity contribution in [3.63, 3.8) is 0 Å². The van der Waals surface area contributed by atoms with Gasteiger partial charge in [-0.05, 0) is 49.9 Å². The number of rotatable bonds is 8. The molecule has 1 aromatic heterocycles. The lowest BCUT2D eigenvalue weighted by Crippen LogP contribution is -2.15. The van der Waals surface area contributed by atoms with Crippen molar-refractivity contribution in [3.05, 3.63) is 50.9 Å². The molecule has 0 saturated carbocycles. The highest BCUT2D eigenvalue weighted by Crippen LogP contribution is 2.33. The van der Waals surface area contributed by atoms with Crippen LogP contribution in [0.4, 0.5) is 5.00 Å². The highest BCUT2D eigenvalue weighted by molar-refractivity contribution is 7.18. The Hall–Kier alpha value is -2.38. The molecular formula is C19H21ClN2O4S. The lowest BCUT2D eigenvalue weighted by Gasteiger charge is -2.07. The standard InChI is InChI=1S/C19H21ClN2O4S/c1-3-26-19(25)15-11(2)16(17(21)24)27-18(15)22-14(23)6-4-5-12-7-9-13(20)10-8-12/h7-10H,3-6H2,1-2H3,(H2,21,24)(H,22,23). The third-order valence-electron chi connectivity index (χ3n) is 3.89. The topological polar surface area (TPSA) is 98.5 Å². The van der Waals surface area contributed by atoms with Crippen molar-refractivity contribution in [1.29, 1.82) is 0 Å². The number of nitrogens with one attached hydrogen (secondary N) is 1. The van der Waals surface area contributed by atoms with Crippen molar-refractivity contribution in [2.75, 3.05) is 11.9 Å². The van der Waals surface area contributed by atoms with Gasteiger partial charge in [-0.25, -0.2) is 4.79 Å². The summed E-state index contributed by atoms with van der Waals surface area (Å²) in [5, 5.41) is 3.67. The number of nitrogens with two attached hydrogens (primary N) is 1. The summed E-state index contributed by atoms with van der Waals surface area (Å²) in [6.45, 7) is 3.48. The minimum atomic E-state index is -0.647. The summed E-state index contributed by atoms with van der Waals surface area (Å²) in [7, 11) is 0. The number of anilines is 1.